The van der Waals surface area contributed by atoms with Gasteiger partial charge in [-0.05, 0) is 26.0 Å². The van der Waals surface area contributed by atoms with E-state index in [1.807, 2.05) is 13.2 Å². The highest BCUT2D eigenvalue weighted by Gasteiger charge is 2.12. The minimum Gasteiger partial charge on any atom is -0.481 e. The summed E-state index contributed by atoms with van der Waals surface area (Å²) in [6, 6.07) is -0.0805. The van der Waals surface area contributed by atoms with E-state index in [2.05, 4.69) is 10.6 Å². The van der Waals surface area contributed by atoms with Crippen molar-refractivity contribution in [1.82, 2.24) is 10.6 Å². The number of nitrogens with one attached hydrogen (secondary N) is 2. The predicted molar refractivity (Wildman–Crippen MR) is 75.0 cm³/mol. The maximum absolute atomic E-state index is 11.4. The van der Waals surface area contributed by atoms with Crippen molar-refractivity contribution in [3.8, 4) is 0 Å². The number of thioether (sulfide) groups is 1. The van der Waals surface area contributed by atoms with Crippen molar-refractivity contribution in [2.24, 2.45) is 5.92 Å². The summed E-state index contributed by atoms with van der Waals surface area (Å²) >= 11 is 1.68. The number of urea groups is 1. The van der Waals surface area contributed by atoms with Crippen LogP contribution in [0.15, 0.2) is 0 Å². The van der Waals surface area contributed by atoms with Crippen LogP contribution in [0.5, 0.6) is 0 Å². The van der Waals surface area contributed by atoms with E-state index in [0.29, 0.717) is 13.0 Å². The maximum atomic E-state index is 11.4. The smallest absolute Gasteiger partial charge is 0.315 e. The van der Waals surface area contributed by atoms with Crippen molar-refractivity contribution in [2.45, 2.75) is 39.2 Å². The summed E-state index contributed by atoms with van der Waals surface area (Å²) in [7, 11) is 0. The Labute approximate surface area is 113 Å². The van der Waals surface area contributed by atoms with E-state index in [0.717, 1.165) is 18.6 Å². The Hall–Kier alpha value is -0.910. The number of aliphatic carboxylic acids is 1. The quantitative estimate of drug-likeness (QED) is 0.562. The summed E-state index contributed by atoms with van der Waals surface area (Å²) in [4.78, 5) is 22.0. The molecule has 0 saturated heterocycles. The van der Waals surface area contributed by atoms with Crippen LogP contribution in [0, 0.1) is 5.92 Å². The van der Waals surface area contributed by atoms with Gasteiger partial charge in [0.05, 0.1) is 5.92 Å². The first kappa shape index (κ1) is 17.1. The normalized spacial score (nSPS) is 13.7. The van der Waals surface area contributed by atoms with E-state index in [1.54, 1.807) is 18.7 Å². The molecule has 0 bridgehead atoms. The molecule has 0 aliphatic rings. The summed E-state index contributed by atoms with van der Waals surface area (Å²) in [5, 5.41) is 14.3. The van der Waals surface area contributed by atoms with Gasteiger partial charge in [0, 0.05) is 18.3 Å². The first-order valence-electron chi connectivity index (χ1n) is 6.23. The van der Waals surface area contributed by atoms with Gasteiger partial charge in [-0.25, -0.2) is 4.79 Å². The highest BCUT2D eigenvalue weighted by molar-refractivity contribution is 7.98. The molecule has 0 rings (SSSR count). The van der Waals surface area contributed by atoms with Crippen LogP contribution in [0.1, 0.15) is 33.1 Å². The standard InChI is InChI=1S/C12H24N2O3S/c1-9(11(15)16)5-4-6-10(2)14-12(17)13-7-8-18-3/h9-10H,4-8H2,1-3H3,(H,15,16)(H2,13,14,17). The molecule has 6 heteroatoms. The van der Waals surface area contributed by atoms with Gasteiger partial charge >= 0.3 is 12.0 Å². The molecule has 0 heterocycles. The molecule has 2 unspecified atom stereocenters. The number of hydrogen-bond donors (Lipinski definition) is 3. The fraction of sp³-hybridized carbons (Fsp3) is 0.833. The summed E-state index contributed by atoms with van der Waals surface area (Å²) in [6.07, 6.45) is 4.24. The molecule has 0 aromatic rings. The van der Waals surface area contributed by atoms with Gasteiger partial charge in [0.1, 0.15) is 0 Å². The minimum atomic E-state index is -0.759. The van der Waals surface area contributed by atoms with Crippen molar-refractivity contribution in [1.29, 1.82) is 0 Å². The molecule has 0 fully saturated rings. The van der Waals surface area contributed by atoms with Gasteiger partial charge in [0.15, 0.2) is 0 Å². The largest absolute Gasteiger partial charge is 0.481 e. The highest BCUT2D eigenvalue weighted by atomic mass is 32.2. The highest BCUT2D eigenvalue weighted by Crippen LogP contribution is 2.09. The zero-order valence-corrected chi connectivity index (χ0v) is 12.2. The van der Waals surface area contributed by atoms with Gasteiger partial charge in [0.25, 0.3) is 0 Å². The zero-order valence-electron chi connectivity index (χ0n) is 11.4. The molecule has 0 spiro atoms. The Morgan fingerprint density at radius 2 is 1.94 bits per heavy atom. The third-order valence-corrected chi connectivity index (χ3v) is 3.28. The Kier molecular flexibility index (Phi) is 9.55. The number of hydrogen-bond acceptors (Lipinski definition) is 3. The topological polar surface area (TPSA) is 78.4 Å². The molecule has 18 heavy (non-hydrogen) atoms. The van der Waals surface area contributed by atoms with Crippen molar-refractivity contribution in [3.05, 3.63) is 0 Å². The minimum absolute atomic E-state index is 0.0697. The molecule has 0 aliphatic carbocycles. The first-order valence-corrected chi connectivity index (χ1v) is 7.62. The van der Waals surface area contributed by atoms with Crippen LogP contribution in [-0.4, -0.2) is 41.7 Å². The molecule has 5 nitrogen and oxygen atoms in total. The van der Waals surface area contributed by atoms with Crippen molar-refractivity contribution < 1.29 is 14.7 Å². The van der Waals surface area contributed by atoms with Crippen LogP contribution in [-0.2, 0) is 4.79 Å². The zero-order chi connectivity index (χ0) is 14.0. The molecule has 2 atom stereocenters. The molecule has 0 aromatic carbocycles. The van der Waals surface area contributed by atoms with Crippen molar-refractivity contribution in [2.75, 3.05) is 18.6 Å². The average molecular weight is 276 g/mol. The van der Waals surface area contributed by atoms with Crippen LogP contribution < -0.4 is 10.6 Å². The Morgan fingerprint density at radius 1 is 1.28 bits per heavy atom. The fourth-order valence-corrected chi connectivity index (χ4v) is 1.77. The molecule has 0 saturated carbocycles. The molecule has 0 aromatic heterocycles. The molecular weight excluding hydrogens is 252 g/mol. The van der Waals surface area contributed by atoms with Crippen LogP contribution in [0.3, 0.4) is 0 Å². The summed E-state index contributed by atoms with van der Waals surface area (Å²) in [5.41, 5.74) is 0. The summed E-state index contributed by atoms with van der Waals surface area (Å²) in [6.45, 7) is 4.30. The van der Waals surface area contributed by atoms with Crippen LogP contribution in [0.4, 0.5) is 4.79 Å². The van der Waals surface area contributed by atoms with E-state index in [9.17, 15) is 9.59 Å². The van der Waals surface area contributed by atoms with Crippen LogP contribution >= 0.6 is 11.8 Å². The van der Waals surface area contributed by atoms with E-state index in [-0.39, 0.29) is 18.0 Å². The molecule has 0 aliphatic heterocycles. The lowest BCUT2D eigenvalue weighted by molar-refractivity contribution is -0.141. The number of carboxylic acids is 1. The van der Waals surface area contributed by atoms with E-state index in [1.165, 1.54) is 0 Å². The van der Waals surface area contributed by atoms with Gasteiger partial charge in [-0.3, -0.25) is 4.79 Å². The number of carbonyl (C=O) groups excluding carboxylic acids is 1. The Bertz CT molecular complexity index is 262. The lowest BCUT2D eigenvalue weighted by Crippen LogP contribution is -2.41. The number of rotatable bonds is 9. The average Bonchev–Trinajstić information content (AvgIpc) is 2.28. The van der Waals surface area contributed by atoms with Crippen molar-refractivity contribution >= 4 is 23.8 Å². The maximum Gasteiger partial charge on any atom is 0.315 e. The third-order valence-electron chi connectivity index (χ3n) is 2.67. The molecule has 0 radical (unpaired) electrons. The number of carbonyl (C=O) groups is 2. The first-order chi connectivity index (χ1) is 8.47. The fourth-order valence-electron chi connectivity index (χ4n) is 1.47. The molecule has 2 amide bonds. The van der Waals surface area contributed by atoms with E-state index >= 15 is 0 Å². The SMILES string of the molecule is CSCCNC(=O)NC(C)CCCC(C)C(=O)O. The van der Waals surface area contributed by atoms with Crippen LogP contribution in [0.25, 0.3) is 0 Å². The number of amides is 2. The second kappa shape index (κ2) is 10.1. The van der Waals surface area contributed by atoms with E-state index in [4.69, 9.17) is 5.11 Å². The monoisotopic (exact) mass is 276 g/mol. The number of carboxylic acid groups (broad SMARTS) is 1. The second-order valence-corrected chi connectivity index (χ2v) is 5.45. The van der Waals surface area contributed by atoms with Gasteiger partial charge in [-0.2, -0.15) is 11.8 Å². The van der Waals surface area contributed by atoms with Crippen LogP contribution in [0.2, 0.25) is 0 Å². The molecule has 3 N–H and O–H groups in total. The Morgan fingerprint density at radius 3 is 2.50 bits per heavy atom. The van der Waals surface area contributed by atoms with Crippen molar-refractivity contribution in [3.63, 3.8) is 0 Å². The predicted octanol–water partition coefficient (Wildman–Crippen LogP) is 1.93. The van der Waals surface area contributed by atoms with Gasteiger partial charge in [-0.1, -0.05) is 13.3 Å². The van der Waals surface area contributed by atoms with E-state index < -0.39 is 5.97 Å². The summed E-state index contributed by atoms with van der Waals surface area (Å²) < 4.78 is 0. The van der Waals surface area contributed by atoms with Gasteiger partial charge < -0.3 is 15.7 Å². The Balaban J connectivity index is 3.61. The molecular formula is C12H24N2O3S. The lowest BCUT2D eigenvalue weighted by Gasteiger charge is -2.15. The summed E-state index contributed by atoms with van der Waals surface area (Å²) in [5.74, 6) is -0.171. The second-order valence-electron chi connectivity index (χ2n) is 4.46. The lowest BCUT2D eigenvalue weighted by atomic mass is 10.0. The molecule has 106 valence electrons. The van der Waals surface area contributed by atoms with Gasteiger partial charge in [0.2, 0.25) is 0 Å². The third kappa shape index (κ3) is 9.15. The van der Waals surface area contributed by atoms with Gasteiger partial charge in [-0.15, -0.1) is 0 Å².